The molecule has 0 fully saturated rings. The highest BCUT2D eigenvalue weighted by atomic mass is 16.6. The number of hydrogen-bond acceptors (Lipinski definition) is 2. The molecule has 1 aliphatic carbocycles. The molecule has 3 rings (SSSR count). The Labute approximate surface area is 126 Å². The molecule has 0 saturated heterocycles. The number of carbonyl (C=O) groups is 1. The minimum atomic E-state index is -0.533. The number of rotatable bonds is 0. The maximum absolute atomic E-state index is 12.3. The Bertz CT molecular complexity index is 673. The lowest BCUT2D eigenvalue weighted by molar-refractivity contribution is 0.00716. The van der Waals surface area contributed by atoms with Crippen LogP contribution in [-0.4, -0.2) is 11.6 Å². The third-order valence-corrected chi connectivity index (χ3v) is 4.52. The standard InChI is InChI=1S/C19H22O2/c1-12-10-11-19(5)16(15(12)18(2,3)4)13-8-6-7-9-14(13)17(20)21-19/h6-9H,1,10-11H2,2-5H3. The number of hydrogen-bond donors (Lipinski definition) is 0. The molecule has 1 aromatic carbocycles. The van der Waals surface area contributed by atoms with Gasteiger partial charge in [0.1, 0.15) is 5.60 Å². The lowest BCUT2D eigenvalue weighted by Gasteiger charge is -2.45. The predicted octanol–water partition coefficient (Wildman–Crippen LogP) is 4.77. The van der Waals surface area contributed by atoms with Gasteiger partial charge in [-0.2, -0.15) is 0 Å². The number of fused-ring (bicyclic) bond motifs is 3. The summed E-state index contributed by atoms with van der Waals surface area (Å²) in [5, 5.41) is 0. The van der Waals surface area contributed by atoms with Crippen molar-refractivity contribution in [3.05, 3.63) is 53.1 Å². The number of esters is 1. The average molecular weight is 282 g/mol. The van der Waals surface area contributed by atoms with Gasteiger partial charge in [-0.25, -0.2) is 4.79 Å². The van der Waals surface area contributed by atoms with Gasteiger partial charge in [0.15, 0.2) is 0 Å². The first-order valence-electron chi connectivity index (χ1n) is 7.50. The van der Waals surface area contributed by atoms with Gasteiger partial charge in [-0.3, -0.25) is 0 Å². The van der Waals surface area contributed by atoms with Crippen LogP contribution in [0.3, 0.4) is 0 Å². The number of allylic oxidation sites excluding steroid dienone is 2. The second kappa shape index (κ2) is 4.33. The van der Waals surface area contributed by atoms with Crippen LogP contribution in [0.1, 0.15) is 56.5 Å². The molecule has 0 amide bonds. The van der Waals surface area contributed by atoms with Gasteiger partial charge in [-0.1, -0.05) is 51.1 Å². The van der Waals surface area contributed by atoms with E-state index in [1.54, 1.807) is 0 Å². The molecule has 2 aliphatic rings. The molecule has 1 aromatic rings. The van der Waals surface area contributed by atoms with Crippen LogP contribution in [0.5, 0.6) is 0 Å². The molecule has 0 radical (unpaired) electrons. The third-order valence-electron chi connectivity index (χ3n) is 4.52. The van der Waals surface area contributed by atoms with E-state index in [0.717, 1.165) is 24.0 Å². The summed E-state index contributed by atoms with van der Waals surface area (Å²) in [6.07, 6.45) is 1.68. The quantitative estimate of drug-likeness (QED) is 0.641. The fraction of sp³-hybridized carbons (Fsp3) is 0.421. The molecule has 1 unspecified atom stereocenters. The topological polar surface area (TPSA) is 26.3 Å². The monoisotopic (exact) mass is 282 g/mol. The summed E-state index contributed by atoms with van der Waals surface area (Å²) >= 11 is 0. The number of carbonyl (C=O) groups excluding carboxylic acids is 1. The molecule has 0 saturated carbocycles. The highest BCUT2D eigenvalue weighted by molar-refractivity contribution is 6.02. The Hall–Kier alpha value is -1.83. The molecule has 2 nitrogen and oxygen atoms in total. The molecule has 1 heterocycles. The minimum Gasteiger partial charge on any atom is -0.451 e. The van der Waals surface area contributed by atoms with Crippen molar-refractivity contribution in [3.8, 4) is 0 Å². The van der Waals surface area contributed by atoms with Crippen molar-refractivity contribution in [1.82, 2.24) is 0 Å². The molecule has 21 heavy (non-hydrogen) atoms. The van der Waals surface area contributed by atoms with E-state index in [4.69, 9.17) is 4.74 Å². The highest BCUT2D eigenvalue weighted by Gasteiger charge is 2.46. The van der Waals surface area contributed by atoms with Crippen LogP contribution in [0, 0.1) is 5.41 Å². The summed E-state index contributed by atoms with van der Waals surface area (Å²) < 4.78 is 5.84. The lowest BCUT2D eigenvalue weighted by atomic mass is 9.66. The van der Waals surface area contributed by atoms with Crippen LogP contribution in [0.2, 0.25) is 0 Å². The highest BCUT2D eigenvalue weighted by Crippen LogP contribution is 2.52. The first-order valence-corrected chi connectivity index (χ1v) is 7.50. The number of benzene rings is 1. The van der Waals surface area contributed by atoms with Gasteiger partial charge in [0, 0.05) is 5.57 Å². The predicted molar refractivity (Wildman–Crippen MR) is 85.0 cm³/mol. The first-order chi connectivity index (χ1) is 9.74. The van der Waals surface area contributed by atoms with Gasteiger partial charge in [-0.05, 0) is 42.4 Å². The third kappa shape index (κ3) is 2.05. The second-order valence-corrected chi connectivity index (χ2v) is 7.27. The van der Waals surface area contributed by atoms with Crippen molar-refractivity contribution in [2.45, 2.75) is 46.1 Å². The molecule has 0 spiro atoms. The zero-order valence-corrected chi connectivity index (χ0v) is 13.2. The van der Waals surface area contributed by atoms with Crippen LogP contribution in [-0.2, 0) is 4.74 Å². The van der Waals surface area contributed by atoms with Gasteiger partial charge >= 0.3 is 5.97 Å². The summed E-state index contributed by atoms with van der Waals surface area (Å²) in [6.45, 7) is 12.9. The summed E-state index contributed by atoms with van der Waals surface area (Å²) in [5.74, 6) is -0.211. The molecule has 0 aromatic heterocycles. The molecular formula is C19H22O2. The van der Waals surface area contributed by atoms with Gasteiger partial charge in [-0.15, -0.1) is 0 Å². The van der Waals surface area contributed by atoms with Crippen molar-refractivity contribution >= 4 is 11.5 Å². The summed E-state index contributed by atoms with van der Waals surface area (Å²) in [6, 6.07) is 7.76. The van der Waals surface area contributed by atoms with Crippen LogP contribution in [0.15, 0.2) is 42.0 Å². The fourth-order valence-corrected chi connectivity index (χ4v) is 3.65. The van der Waals surface area contributed by atoms with E-state index >= 15 is 0 Å². The first kappa shape index (κ1) is 14.1. The van der Waals surface area contributed by atoms with Crippen LogP contribution < -0.4 is 0 Å². The Kier molecular flexibility index (Phi) is 2.91. The SMILES string of the molecule is C=C1CCC2(C)OC(=O)c3ccccc3C2=C1C(C)(C)C. The normalized spacial score (nSPS) is 25.3. The molecule has 110 valence electrons. The summed E-state index contributed by atoms with van der Waals surface area (Å²) in [7, 11) is 0. The average Bonchev–Trinajstić information content (AvgIpc) is 2.39. The fourth-order valence-electron chi connectivity index (χ4n) is 3.65. The Morgan fingerprint density at radius 3 is 2.43 bits per heavy atom. The van der Waals surface area contributed by atoms with Gasteiger partial charge in [0.05, 0.1) is 5.56 Å². The second-order valence-electron chi connectivity index (χ2n) is 7.27. The van der Waals surface area contributed by atoms with E-state index in [-0.39, 0.29) is 11.4 Å². The Balaban J connectivity index is 2.39. The van der Waals surface area contributed by atoms with E-state index in [2.05, 4.69) is 27.4 Å². The number of ether oxygens (including phenoxy) is 1. The Morgan fingerprint density at radius 2 is 1.81 bits per heavy atom. The van der Waals surface area contributed by atoms with Crippen LogP contribution in [0.25, 0.3) is 5.57 Å². The maximum Gasteiger partial charge on any atom is 0.339 e. The van der Waals surface area contributed by atoms with E-state index < -0.39 is 5.60 Å². The molecule has 1 atom stereocenters. The van der Waals surface area contributed by atoms with Gasteiger partial charge < -0.3 is 4.74 Å². The Morgan fingerprint density at radius 1 is 1.19 bits per heavy atom. The van der Waals surface area contributed by atoms with Crippen molar-refractivity contribution in [2.24, 2.45) is 5.41 Å². The van der Waals surface area contributed by atoms with E-state index in [0.29, 0.717) is 5.56 Å². The molecular weight excluding hydrogens is 260 g/mol. The van der Waals surface area contributed by atoms with Crippen molar-refractivity contribution in [1.29, 1.82) is 0 Å². The molecule has 0 N–H and O–H groups in total. The van der Waals surface area contributed by atoms with Crippen LogP contribution >= 0.6 is 0 Å². The zero-order chi connectivity index (χ0) is 15.4. The summed E-state index contributed by atoms with van der Waals surface area (Å²) in [4.78, 5) is 12.3. The van der Waals surface area contributed by atoms with Crippen LogP contribution in [0.4, 0.5) is 0 Å². The van der Waals surface area contributed by atoms with Crippen molar-refractivity contribution in [2.75, 3.05) is 0 Å². The van der Waals surface area contributed by atoms with E-state index in [1.807, 2.05) is 31.2 Å². The largest absolute Gasteiger partial charge is 0.451 e. The van der Waals surface area contributed by atoms with Gasteiger partial charge in [0.2, 0.25) is 0 Å². The zero-order valence-electron chi connectivity index (χ0n) is 13.2. The molecule has 1 aliphatic heterocycles. The van der Waals surface area contributed by atoms with E-state index in [9.17, 15) is 4.79 Å². The maximum atomic E-state index is 12.3. The van der Waals surface area contributed by atoms with Crippen molar-refractivity contribution in [3.63, 3.8) is 0 Å². The van der Waals surface area contributed by atoms with Crippen molar-refractivity contribution < 1.29 is 9.53 Å². The lowest BCUT2D eigenvalue weighted by Crippen LogP contribution is -2.42. The minimum absolute atomic E-state index is 0.0229. The summed E-state index contributed by atoms with van der Waals surface area (Å²) in [5.41, 5.74) is 4.70. The van der Waals surface area contributed by atoms with Gasteiger partial charge in [0.25, 0.3) is 0 Å². The smallest absolute Gasteiger partial charge is 0.339 e. The molecule has 2 heteroatoms. The molecule has 0 bridgehead atoms. The van der Waals surface area contributed by atoms with E-state index in [1.165, 1.54) is 11.1 Å².